The lowest BCUT2D eigenvalue weighted by atomic mass is 9.85. The summed E-state index contributed by atoms with van der Waals surface area (Å²) in [5, 5.41) is 10.4. The summed E-state index contributed by atoms with van der Waals surface area (Å²) < 4.78 is 17.5. The largest absolute Gasteiger partial charge is 0.390 e. The fourth-order valence-electron chi connectivity index (χ4n) is 2.56. The molecule has 0 aliphatic carbocycles. The second-order valence-electron chi connectivity index (χ2n) is 5.90. The van der Waals surface area contributed by atoms with Crippen LogP contribution in [0.5, 0.6) is 0 Å². The van der Waals surface area contributed by atoms with Crippen molar-refractivity contribution in [3.63, 3.8) is 0 Å². The molecule has 1 aliphatic rings. The number of aliphatic hydroxyl groups is 1. The van der Waals surface area contributed by atoms with E-state index in [0.717, 1.165) is 5.56 Å². The summed E-state index contributed by atoms with van der Waals surface area (Å²) in [5.74, 6) is 0.273. The minimum absolute atomic E-state index is 0.115. The quantitative estimate of drug-likeness (QED) is 0.804. The first-order valence-electron chi connectivity index (χ1n) is 7.59. The maximum atomic E-state index is 10.4. The van der Waals surface area contributed by atoms with Crippen molar-refractivity contribution in [3.05, 3.63) is 35.9 Å². The van der Waals surface area contributed by atoms with Crippen molar-refractivity contribution in [2.75, 3.05) is 13.3 Å². The number of hydrogen-bond acceptors (Lipinski definition) is 4. The molecule has 0 bridgehead atoms. The Labute approximate surface area is 136 Å². The second kappa shape index (κ2) is 8.68. The normalized spacial score (nSPS) is 33.6. The third kappa shape index (κ3) is 4.96. The smallest absolute Gasteiger partial charge is 0.165 e. The van der Waals surface area contributed by atoms with Gasteiger partial charge in [0.2, 0.25) is 0 Å². The molecule has 0 amide bonds. The number of benzene rings is 1. The molecule has 6 heteroatoms. The summed E-state index contributed by atoms with van der Waals surface area (Å²) in [7, 11) is 2.09. The number of ether oxygens (including phenoxy) is 2. The maximum absolute atomic E-state index is 10.4. The lowest BCUT2D eigenvalue weighted by molar-refractivity contribution is -0.241. The first-order valence-corrected chi connectivity index (χ1v) is 10.9. The van der Waals surface area contributed by atoms with Crippen molar-refractivity contribution in [1.82, 2.24) is 0 Å². The van der Waals surface area contributed by atoms with Crippen LogP contribution in [0.15, 0.2) is 30.3 Å². The molecular formula is C16H26O4P2. The molecule has 1 N–H and O–H groups in total. The van der Waals surface area contributed by atoms with Gasteiger partial charge in [0.05, 0.1) is 19.3 Å². The van der Waals surface area contributed by atoms with E-state index in [-0.39, 0.29) is 24.2 Å². The molecule has 22 heavy (non-hydrogen) atoms. The molecule has 4 unspecified atom stereocenters. The fraction of sp³-hybridized carbons (Fsp3) is 0.625. The molecule has 1 aromatic rings. The average Bonchev–Trinajstić information content (AvgIpc) is 2.50. The van der Waals surface area contributed by atoms with Gasteiger partial charge in [-0.1, -0.05) is 53.1 Å². The number of rotatable bonds is 6. The molecular weight excluding hydrogens is 318 g/mol. The number of hydrogen-bond donors (Lipinski definition) is 1. The van der Waals surface area contributed by atoms with Gasteiger partial charge in [-0.25, -0.2) is 0 Å². The summed E-state index contributed by atoms with van der Waals surface area (Å²) >= 11 is 0. The van der Waals surface area contributed by atoms with Gasteiger partial charge < -0.3 is 19.1 Å². The van der Waals surface area contributed by atoms with Crippen LogP contribution in [0.3, 0.4) is 0 Å². The van der Waals surface area contributed by atoms with Crippen molar-refractivity contribution in [2.45, 2.75) is 39.0 Å². The van der Waals surface area contributed by atoms with Crippen molar-refractivity contribution in [2.24, 2.45) is 11.8 Å². The molecule has 7 atom stereocenters. The monoisotopic (exact) mass is 344 g/mol. The van der Waals surface area contributed by atoms with Crippen LogP contribution >= 0.6 is 16.8 Å². The molecule has 124 valence electrons. The molecule has 1 aliphatic heterocycles. The SMILES string of the molecule is CC1[C@H](OP(C)P)OC(COCc2ccccc2)[C@H](O)[C@@H]1C. The second-order valence-corrected chi connectivity index (χ2v) is 9.39. The Hall–Kier alpha value is -0.0800. The van der Waals surface area contributed by atoms with Gasteiger partial charge in [-0.3, -0.25) is 0 Å². The van der Waals surface area contributed by atoms with Gasteiger partial charge in [-0.2, -0.15) is 0 Å². The summed E-state index contributed by atoms with van der Waals surface area (Å²) in [5.41, 5.74) is 1.11. The van der Waals surface area contributed by atoms with Crippen LogP contribution in [0.25, 0.3) is 0 Å². The molecule has 1 saturated heterocycles. The predicted molar refractivity (Wildman–Crippen MR) is 92.7 cm³/mol. The Morgan fingerprint density at radius 2 is 1.91 bits per heavy atom. The van der Waals surface area contributed by atoms with E-state index in [2.05, 4.69) is 15.9 Å². The van der Waals surface area contributed by atoms with E-state index >= 15 is 0 Å². The molecule has 1 fully saturated rings. The highest BCUT2D eigenvalue weighted by atomic mass is 32.0. The Morgan fingerprint density at radius 3 is 2.55 bits per heavy atom. The van der Waals surface area contributed by atoms with Crippen molar-refractivity contribution < 1.29 is 19.1 Å². The molecule has 0 radical (unpaired) electrons. The standard InChI is InChI=1S/C16H26O4P2/c1-11-12(2)16(20-22(3)21)19-14(15(11)17)10-18-9-13-7-5-4-6-8-13/h4-8,11-12,14-17H,9-10,21H2,1-3H3/t11-,12?,14?,15-,16+,22?/m1/s1. The molecule has 2 rings (SSSR count). The first-order chi connectivity index (χ1) is 10.5. The van der Waals surface area contributed by atoms with E-state index < -0.39 is 13.9 Å². The summed E-state index contributed by atoms with van der Waals surface area (Å²) in [6.45, 7) is 7.01. The van der Waals surface area contributed by atoms with Gasteiger partial charge in [0.25, 0.3) is 0 Å². The van der Waals surface area contributed by atoms with Crippen LogP contribution in [0.2, 0.25) is 0 Å². The molecule has 0 spiro atoms. The Bertz CT molecular complexity index is 443. The van der Waals surface area contributed by atoms with Crippen LogP contribution < -0.4 is 0 Å². The van der Waals surface area contributed by atoms with Gasteiger partial charge in [0.15, 0.2) is 6.29 Å². The van der Waals surface area contributed by atoms with Crippen molar-refractivity contribution >= 4 is 16.8 Å². The average molecular weight is 344 g/mol. The highest BCUT2D eigenvalue weighted by Crippen LogP contribution is 2.46. The Kier molecular flexibility index (Phi) is 7.21. The first kappa shape index (κ1) is 18.3. The molecule has 0 saturated carbocycles. The minimum atomic E-state index is -0.582. The lowest BCUT2D eigenvalue weighted by Crippen LogP contribution is -2.51. The highest BCUT2D eigenvalue weighted by molar-refractivity contribution is 8.10. The third-order valence-electron chi connectivity index (χ3n) is 4.15. The van der Waals surface area contributed by atoms with Gasteiger partial charge in [0.1, 0.15) is 6.10 Å². The van der Waals surface area contributed by atoms with E-state index in [1.165, 1.54) is 0 Å². The molecule has 1 aromatic carbocycles. The topological polar surface area (TPSA) is 47.9 Å². The number of aliphatic hydroxyl groups excluding tert-OH is 1. The molecule has 4 nitrogen and oxygen atoms in total. The predicted octanol–water partition coefficient (Wildman–Crippen LogP) is 3.39. The third-order valence-corrected chi connectivity index (χ3v) is 5.06. The van der Waals surface area contributed by atoms with E-state index in [4.69, 9.17) is 14.0 Å². The summed E-state index contributed by atoms with van der Waals surface area (Å²) in [4.78, 5) is 0. The fourth-order valence-corrected chi connectivity index (χ4v) is 3.49. The summed E-state index contributed by atoms with van der Waals surface area (Å²) in [6, 6.07) is 10.00. The molecule has 1 heterocycles. The highest BCUT2D eigenvalue weighted by Gasteiger charge is 2.41. The van der Waals surface area contributed by atoms with Crippen LogP contribution in [0.1, 0.15) is 19.4 Å². The maximum Gasteiger partial charge on any atom is 0.165 e. The summed E-state index contributed by atoms with van der Waals surface area (Å²) in [6.07, 6.45) is -1.16. The van der Waals surface area contributed by atoms with Crippen molar-refractivity contribution in [1.29, 1.82) is 0 Å². The zero-order valence-corrected chi connectivity index (χ0v) is 15.4. The van der Waals surface area contributed by atoms with E-state index in [1.807, 2.05) is 43.9 Å². The van der Waals surface area contributed by atoms with Crippen molar-refractivity contribution in [3.8, 4) is 0 Å². The van der Waals surface area contributed by atoms with Crippen LogP contribution in [-0.2, 0) is 20.6 Å². The van der Waals surface area contributed by atoms with E-state index in [9.17, 15) is 5.11 Å². The van der Waals surface area contributed by atoms with Gasteiger partial charge in [-0.15, -0.1) is 0 Å². The van der Waals surface area contributed by atoms with Crippen LogP contribution in [-0.4, -0.2) is 36.9 Å². The Morgan fingerprint density at radius 1 is 1.23 bits per heavy atom. The van der Waals surface area contributed by atoms with E-state index in [1.54, 1.807) is 0 Å². The van der Waals surface area contributed by atoms with Crippen LogP contribution in [0, 0.1) is 11.8 Å². The van der Waals surface area contributed by atoms with Gasteiger partial charge >= 0.3 is 0 Å². The lowest BCUT2D eigenvalue weighted by Gasteiger charge is -2.42. The Balaban J connectivity index is 1.88. The van der Waals surface area contributed by atoms with Gasteiger partial charge in [0, 0.05) is 13.8 Å². The van der Waals surface area contributed by atoms with Crippen LogP contribution in [0.4, 0.5) is 0 Å². The zero-order valence-electron chi connectivity index (χ0n) is 13.4. The zero-order chi connectivity index (χ0) is 16.1. The van der Waals surface area contributed by atoms with Gasteiger partial charge in [-0.05, 0) is 18.1 Å². The minimum Gasteiger partial charge on any atom is -0.390 e. The van der Waals surface area contributed by atoms with E-state index in [0.29, 0.717) is 13.2 Å². The molecule has 0 aromatic heterocycles.